The van der Waals surface area contributed by atoms with Crippen LogP contribution in [-0.2, 0) is 27.4 Å². The first-order valence-corrected chi connectivity index (χ1v) is 10.7. The Balaban J connectivity index is 2.16. The van der Waals surface area contributed by atoms with E-state index in [-0.39, 0.29) is 31.2 Å². The molecule has 0 radical (unpaired) electrons. The van der Waals surface area contributed by atoms with Crippen molar-refractivity contribution in [2.24, 2.45) is 0 Å². The lowest BCUT2D eigenvalue weighted by Gasteiger charge is -2.23. The average molecular weight is 497 g/mol. The number of nitrogens with one attached hydrogen (secondary N) is 1. The molecule has 34 heavy (non-hydrogen) atoms. The molecule has 0 saturated carbocycles. The Morgan fingerprint density at radius 1 is 1.15 bits per heavy atom. The van der Waals surface area contributed by atoms with Crippen molar-refractivity contribution < 1.29 is 38.1 Å². The van der Waals surface area contributed by atoms with Crippen molar-refractivity contribution in [1.82, 2.24) is 10.2 Å². The van der Waals surface area contributed by atoms with Crippen molar-refractivity contribution in [3.8, 4) is 11.5 Å². The lowest BCUT2D eigenvalue weighted by Crippen LogP contribution is -2.45. The summed E-state index contributed by atoms with van der Waals surface area (Å²) in [5.74, 6) is -1.26. The number of halogens is 2. The third-order valence-corrected chi connectivity index (χ3v) is 4.99. The molecule has 0 aromatic heterocycles. The van der Waals surface area contributed by atoms with Gasteiger partial charge in [0.2, 0.25) is 0 Å². The van der Waals surface area contributed by atoms with Crippen LogP contribution in [0.5, 0.6) is 11.5 Å². The third-order valence-electron chi connectivity index (χ3n) is 4.65. The molecule has 11 heteroatoms. The summed E-state index contributed by atoms with van der Waals surface area (Å²) in [6, 6.07) is 8.54. The van der Waals surface area contributed by atoms with E-state index in [9.17, 15) is 18.8 Å². The molecule has 0 atom stereocenters. The van der Waals surface area contributed by atoms with Crippen molar-refractivity contribution in [2.75, 3.05) is 33.4 Å². The van der Waals surface area contributed by atoms with Crippen molar-refractivity contribution in [3.63, 3.8) is 0 Å². The van der Waals surface area contributed by atoms with E-state index in [0.29, 0.717) is 22.6 Å². The number of hydrogen-bond donors (Lipinski definition) is 2. The summed E-state index contributed by atoms with van der Waals surface area (Å²) in [4.78, 5) is 36.2. The van der Waals surface area contributed by atoms with Gasteiger partial charge in [-0.2, -0.15) is 0 Å². The summed E-state index contributed by atoms with van der Waals surface area (Å²) >= 11 is 6.26. The number of methoxy groups -OCH3 is 1. The Hall–Kier alpha value is -3.53. The van der Waals surface area contributed by atoms with Gasteiger partial charge in [-0.05, 0) is 55.3 Å². The predicted octanol–water partition coefficient (Wildman–Crippen LogP) is 3.27. The van der Waals surface area contributed by atoms with Crippen molar-refractivity contribution in [2.45, 2.75) is 20.0 Å². The number of nitrogens with zero attached hydrogens (tertiary/aromatic N) is 1. The molecule has 0 aliphatic heterocycles. The first-order valence-electron chi connectivity index (χ1n) is 10.4. The lowest BCUT2D eigenvalue weighted by atomic mass is 10.0. The van der Waals surface area contributed by atoms with Crippen LogP contribution in [0.25, 0.3) is 0 Å². The van der Waals surface area contributed by atoms with Crippen LogP contribution >= 0.6 is 11.6 Å². The first kappa shape index (κ1) is 26.7. The van der Waals surface area contributed by atoms with E-state index in [4.69, 9.17) is 30.9 Å². The standard InChI is InChI=1S/C23H26ClFN2O7/c1-3-33-22(30)13-27(23(31)26-12-21(28)29)9-8-15-10-16(25)11-20(24)19(15)14-34-18-6-4-17(32-2)5-7-18/h4-7,10-11H,3,8-9,12-14H2,1-2H3,(H,26,31)(H,28,29). The van der Waals surface area contributed by atoms with Gasteiger partial charge in [-0.3, -0.25) is 9.59 Å². The summed E-state index contributed by atoms with van der Waals surface area (Å²) < 4.78 is 29.8. The fourth-order valence-corrected chi connectivity index (χ4v) is 3.28. The van der Waals surface area contributed by atoms with Gasteiger partial charge < -0.3 is 29.5 Å². The van der Waals surface area contributed by atoms with Crippen LogP contribution in [0, 0.1) is 5.82 Å². The van der Waals surface area contributed by atoms with Crippen LogP contribution in [0.15, 0.2) is 36.4 Å². The van der Waals surface area contributed by atoms with Crippen LogP contribution in [0.3, 0.4) is 0 Å². The van der Waals surface area contributed by atoms with Gasteiger partial charge in [0.05, 0.1) is 18.7 Å². The SMILES string of the molecule is CCOC(=O)CN(CCc1cc(F)cc(Cl)c1COc1ccc(OC)cc1)C(=O)NCC(=O)O. The Morgan fingerprint density at radius 2 is 1.82 bits per heavy atom. The molecular formula is C23H26ClFN2O7. The van der Waals surface area contributed by atoms with E-state index in [0.717, 1.165) is 11.0 Å². The highest BCUT2D eigenvalue weighted by Gasteiger charge is 2.20. The molecule has 2 N–H and O–H groups in total. The fraction of sp³-hybridized carbons (Fsp3) is 0.348. The first-order chi connectivity index (χ1) is 16.2. The molecule has 2 aromatic rings. The monoisotopic (exact) mass is 496 g/mol. The minimum atomic E-state index is -1.24. The van der Waals surface area contributed by atoms with Gasteiger partial charge in [0.25, 0.3) is 0 Å². The lowest BCUT2D eigenvalue weighted by molar-refractivity contribution is -0.143. The number of carboxylic acid groups (broad SMARTS) is 1. The predicted molar refractivity (Wildman–Crippen MR) is 122 cm³/mol. The molecule has 9 nitrogen and oxygen atoms in total. The fourth-order valence-electron chi connectivity index (χ4n) is 3.00. The van der Waals surface area contributed by atoms with E-state index in [1.807, 2.05) is 0 Å². The molecule has 0 saturated heterocycles. The zero-order valence-electron chi connectivity index (χ0n) is 18.8. The Morgan fingerprint density at radius 3 is 2.44 bits per heavy atom. The Labute approximate surface area is 201 Å². The molecule has 2 rings (SSSR count). The molecule has 0 unspecified atom stereocenters. The zero-order valence-corrected chi connectivity index (χ0v) is 19.6. The molecule has 0 spiro atoms. The molecule has 2 amide bonds. The molecule has 0 fully saturated rings. The van der Waals surface area contributed by atoms with Gasteiger partial charge >= 0.3 is 18.0 Å². The molecule has 0 heterocycles. The van der Waals surface area contributed by atoms with Gasteiger partial charge in [-0.1, -0.05) is 11.6 Å². The molecule has 0 aliphatic rings. The maximum absolute atomic E-state index is 14.1. The summed E-state index contributed by atoms with van der Waals surface area (Å²) in [5.41, 5.74) is 0.985. The maximum atomic E-state index is 14.1. The maximum Gasteiger partial charge on any atom is 0.325 e. The van der Waals surface area contributed by atoms with Crippen LogP contribution in [0.2, 0.25) is 5.02 Å². The Bertz CT molecular complexity index is 1000. The van der Waals surface area contributed by atoms with Crippen LogP contribution in [0.1, 0.15) is 18.1 Å². The van der Waals surface area contributed by atoms with E-state index in [2.05, 4.69) is 5.32 Å². The van der Waals surface area contributed by atoms with Gasteiger partial charge in [0.15, 0.2) is 0 Å². The van der Waals surface area contributed by atoms with Gasteiger partial charge in [-0.15, -0.1) is 0 Å². The van der Waals surface area contributed by atoms with Gasteiger partial charge in [0, 0.05) is 12.1 Å². The molecular weight excluding hydrogens is 471 g/mol. The number of urea groups is 1. The van der Waals surface area contributed by atoms with Crippen LogP contribution in [0.4, 0.5) is 9.18 Å². The van der Waals surface area contributed by atoms with E-state index >= 15 is 0 Å². The second kappa shape index (κ2) is 13.2. The van der Waals surface area contributed by atoms with Gasteiger partial charge in [0.1, 0.15) is 37.0 Å². The number of amides is 2. The topological polar surface area (TPSA) is 114 Å². The molecule has 0 aliphatic carbocycles. The number of carbonyl (C=O) groups excluding carboxylic acids is 2. The number of esters is 1. The number of carbonyl (C=O) groups is 3. The quantitative estimate of drug-likeness (QED) is 0.433. The number of ether oxygens (including phenoxy) is 3. The van der Waals surface area contributed by atoms with E-state index in [1.165, 1.54) is 6.07 Å². The summed E-state index contributed by atoms with van der Waals surface area (Å²) in [6.45, 7) is 0.723. The summed E-state index contributed by atoms with van der Waals surface area (Å²) in [7, 11) is 1.55. The third kappa shape index (κ3) is 8.43. The molecule has 184 valence electrons. The van der Waals surface area contributed by atoms with Crippen molar-refractivity contribution in [3.05, 3.63) is 58.4 Å². The second-order valence-corrected chi connectivity index (χ2v) is 7.43. The average Bonchev–Trinajstić information content (AvgIpc) is 2.79. The van der Waals surface area contributed by atoms with Crippen LogP contribution in [-0.4, -0.2) is 61.3 Å². The second-order valence-electron chi connectivity index (χ2n) is 7.02. The Kier molecular flexibility index (Phi) is 10.4. The van der Waals surface area contributed by atoms with Gasteiger partial charge in [-0.25, -0.2) is 9.18 Å². The number of rotatable bonds is 12. The van der Waals surface area contributed by atoms with Crippen molar-refractivity contribution in [1.29, 1.82) is 0 Å². The highest BCUT2D eigenvalue weighted by molar-refractivity contribution is 6.31. The number of carboxylic acids is 1. The minimum absolute atomic E-state index is 0.0282. The smallest absolute Gasteiger partial charge is 0.325 e. The normalized spacial score (nSPS) is 10.4. The molecule has 0 bridgehead atoms. The zero-order chi connectivity index (χ0) is 25.1. The highest BCUT2D eigenvalue weighted by atomic mass is 35.5. The number of benzene rings is 2. The minimum Gasteiger partial charge on any atom is -0.497 e. The number of aliphatic carboxylic acids is 1. The highest BCUT2D eigenvalue weighted by Crippen LogP contribution is 2.26. The van der Waals surface area contributed by atoms with Crippen molar-refractivity contribution >= 4 is 29.6 Å². The number of hydrogen-bond acceptors (Lipinski definition) is 6. The summed E-state index contributed by atoms with van der Waals surface area (Å²) in [5, 5.41) is 11.1. The van der Waals surface area contributed by atoms with E-state index in [1.54, 1.807) is 38.3 Å². The summed E-state index contributed by atoms with van der Waals surface area (Å²) in [6.07, 6.45) is 0.124. The molecule has 2 aromatic carbocycles. The van der Waals surface area contributed by atoms with Crippen LogP contribution < -0.4 is 14.8 Å². The van der Waals surface area contributed by atoms with E-state index < -0.39 is 36.9 Å². The largest absolute Gasteiger partial charge is 0.497 e.